The number of benzene rings is 2. The number of nitrogens with zero attached hydrogens (tertiary/aromatic N) is 2. The minimum absolute atomic E-state index is 0.147. The Hall–Kier alpha value is -2.55. The summed E-state index contributed by atoms with van der Waals surface area (Å²) in [5.74, 6) is -0.510. The topological polar surface area (TPSA) is 78.8 Å². The number of amides is 1. The van der Waals surface area contributed by atoms with Crippen molar-refractivity contribution >= 4 is 44.3 Å². The second kappa shape index (κ2) is 7.77. The molecule has 0 aliphatic heterocycles. The first-order valence-electron chi connectivity index (χ1n) is 7.77. The highest BCUT2D eigenvalue weighted by Crippen LogP contribution is 2.21. The van der Waals surface area contributed by atoms with Gasteiger partial charge in [0.05, 0.1) is 17.7 Å². The van der Waals surface area contributed by atoms with Crippen LogP contribution in [-0.2, 0) is 14.8 Å². The van der Waals surface area contributed by atoms with E-state index in [2.05, 4.69) is 10.5 Å². The molecule has 0 unspecified atom stereocenters. The fourth-order valence-corrected chi connectivity index (χ4v) is 4.11. The normalized spacial score (nSPS) is 12.1. The number of nitrogens with one attached hydrogen (secondary N) is 1. The maximum absolute atomic E-state index is 12.7. The van der Waals surface area contributed by atoms with Crippen LogP contribution in [0.25, 0.3) is 10.8 Å². The number of fused-ring (bicyclic) bond motifs is 1. The molecule has 134 valence electrons. The molecular formula is C18H17N3O3S2. The first kappa shape index (κ1) is 18.2. The minimum atomic E-state index is -3.77. The van der Waals surface area contributed by atoms with Gasteiger partial charge in [0.25, 0.3) is 5.91 Å². The lowest BCUT2D eigenvalue weighted by atomic mass is 10.1. The Morgan fingerprint density at radius 1 is 1.15 bits per heavy atom. The van der Waals surface area contributed by atoms with E-state index in [1.165, 1.54) is 24.6 Å². The third-order valence-electron chi connectivity index (χ3n) is 3.72. The second-order valence-electron chi connectivity index (χ2n) is 5.58. The monoisotopic (exact) mass is 387 g/mol. The van der Waals surface area contributed by atoms with Crippen LogP contribution < -0.4 is 5.43 Å². The van der Waals surface area contributed by atoms with Crippen LogP contribution in [0, 0.1) is 0 Å². The molecule has 0 bridgehead atoms. The highest BCUT2D eigenvalue weighted by atomic mass is 32.2. The van der Waals surface area contributed by atoms with Gasteiger partial charge >= 0.3 is 0 Å². The van der Waals surface area contributed by atoms with Crippen molar-refractivity contribution in [3.63, 3.8) is 0 Å². The molecule has 1 aromatic heterocycles. The molecule has 1 heterocycles. The molecule has 1 N–H and O–H groups in total. The standard InChI is InChI=1S/C18H17N3O3S2/c1-21(13-18(22)20-19-12-16-7-4-10-25-16)26(23,24)17-9-8-14-5-2-3-6-15(14)11-17/h2-12H,13H2,1H3,(H,20,22). The average molecular weight is 387 g/mol. The van der Waals surface area contributed by atoms with Gasteiger partial charge in [-0.05, 0) is 34.4 Å². The zero-order valence-corrected chi connectivity index (χ0v) is 15.6. The van der Waals surface area contributed by atoms with Crippen LogP contribution in [0.15, 0.2) is 70.0 Å². The molecule has 0 aliphatic rings. The van der Waals surface area contributed by atoms with Crippen LogP contribution in [-0.4, -0.2) is 38.4 Å². The highest BCUT2D eigenvalue weighted by molar-refractivity contribution is 7.89. The maximum atomic E-state index is 12.7. The minimum Gasteiger partial charge on any atom is -0.272 e. The fourth-order valence-electron chi connectivity index (χ4n) is 2.36. The largest absolute Gasteiger partial charge is 0.272 e. The summed E-state index contributed by atoms with van der Waals surface area (Å²) in [5.41, 5.74) is 2.34. The Labute approximate surface area is 155 Å². The molecule has 8 heteroatoms. The summed E-state index contributed by atoms with van der Waals surface area (Å²) in [5, 5.41) is 7.50. The van der Waals surface area contributed by atoms with Crippen LogP contribution in [0.2, 0.25) is 0 Å². The number of hydrogen-bond acceptors (Lipinski definition) is 5. The first-order valence-corrected chi connectivity index (χ1v) is 10.1. The van der Waals surface area contributed by atoms with Crippen molar-refractivity contribution in [3.05, 3.63) is 64.9 Å². The number of carbonyl (C=O) groups excluding carboxylic acids is 1. The van der Waals surface area contributed by atoms with Crippen LogP contribution in [0.3, 0.4) is 0 Å². The van der Waals surface area contributed by atoms with Crippen LogP contribution in [0.4, 0.5) is 0 Å². The van der Waals surface area contributed by atoms with Gasteiger partial charge in [0.2, 0.25) is 10.0 Å². The van der Waals surface area contributed by atoms with Crippen molar-refractivity contribution in [2.45, 2.75) is 4.90 Å². The lowest BCUT2D eigenvalue weighted by Crippen LogP contribution is -2.36. The Kier molecular flexibility index (Phi) is 5.46. The van der Waals surface area contributed by atoms with E-state index in [4.69, 9.17) is 0 Å². The number of likely N-dealkylation sites (N-methyl/N-ethyl adjacent to an activating group) is 1. The smallest absolute Gasteiger partial charge is 0.255 e. The zero-order valence-electron chi connectivity index (χ0n) is 14.0. The van der Waals surface area contributed by atoms with Gasteiger partial charge in [-0.15, -0.1) is 11.3 Å². The zero-order chi connectivity index (χ0) is 18.6. The molecule has 2 aromatic carbocycles. The Morgan fingerprint density at radius 3 is 2.65 bits per heavy atom. The molecule has 0 aliphatic carbocycles. The lowest BCUT2D eigenvalue weighted by molar-refractivity contribution is -0.121. The molecule has 26 heavy (non-hydrogen) atoms. The summed E-state index contributed by atoms with van der Waals surface area (Å²) in [7, 11) is -2.40. The third kappa shape index (κ3) is 4.16. The van der Waals surface area contributed by atoms with Gasteiger partial charge in [-0.1, -0.05) is 36.4 Å². The van der Waals surface area contributed by atoms with E-state index in [1.807, 2.05) is 41.8 Å². The van der Waals surface area contributed by atoms with E-state index in [9.17, 15) is 13.2 Å². The number of hydrazone groups is 1. The molecule has 0 saturated heterocycles. The molecule has 0 atom stereocenters. The fraction of sp³-hybridized carbons (Fsp3) is 0.111. The van der Waals surface area contributed by atoms with E-state index in [0.29, 0.717) is 0 Å². The third-order valence-corrected chi connectivity index (χ3v) is 6.33. The van der Waals surface area contributed by atoms with Crippen molar-refractivity contribution in [2.24, 2.45) is 5.10 Å². The van der Waals surface area contributed by atoms with Crippen molar-refractivity contribution in [2.75, 3.05) is 13.6 Å². The van der Waals surface area contributed by atoms with Crippen molar-refractivity contribution < 1.29 is 13.2 Å². The number of sulfonamides is 1. The number of hydrogen-bond donors (Lipinski definition) is 1. The molecule has 0 fully saturated rings. The van der Waals surface area contributed by atoms with Gasteiger partial charge in [-0.2, -0.15) is 9.41 Å². The van der Waals surface area contributed by atoms with Crippen molar-refractivity contribution in [3.8, 4) is 0 Å². The number of rotatable bonds is 6. The van der Waals surface area contributed by atoms with Crippen LogP contribution >= 0.6 is 11.3 Å². The molecule has 3 rings (SSSR count). The van der Waals surface area contributed by atoms with Crippen LogP contribution in [0.5, 0.6) is 0 Å². The van der Waals surface area contributed by atoms with E-state index in [0.717, 1.165) is 20.0 Å². The van der Waals surface area contributed by atoms with Gasteiger partial charge in [-0.3, -0.25) is 4.79 Å². The van der Waals surface area contributed by atoms with Crippen molar-refractivity contribution in [1.82, 2.24) is 9.73 Å². The summed E-state index contributed by atoms with van der Waals surface area (Å²) in [4.78, 5) is 13.0. The number of thiophene rings is 1. The Balaban J connectivity index is 1.68. The van der Waals surface area contributed by atoms with Gasteiger partial charge in [0, 0.05) is 11.9 Å². The van der Waals surface area contributed by atoms with Gasteiger partial charge < -0.3 is 0 Å². The summed E-state index contributed by atoms with van der Waals surface area (Å²) in [6.45, 7) is -0.322. The van der Waals surface area contributed by atoms with E-state index in [-0.39, 0.29) is 11.4 Å². The Bertz CT molecular complexity index is 1040. The lowest BCUT2D eigenvalue weighted by Gasteiger charge is -2.16. The van der Waals surface area contributed by atoms with Gasteiger partial charge in [-0.25, -0.2) is 13.8 Å². The quantitative estimate of drug-likeness (QED) is 0.522. The molecule has 6 nitrogen and oxygen atoms in total. The average Bonchev–Trinajstić information content (AvgIpc) is 3.14. The van der Waals surface area contributed by atoms with Crippen LogP contribution in [0.1, 0.15) is 4.88 Å². The van der Waals surface area contributed by atoms with Crippen molar-refractivity contribution in [1.29, 1.82) is 0 Å². The molecule has 3 aromatic rings. The second-order valence-corrected chi connectivity index (χ2v) is 8.60. The highest BCUT2D eigenvalue weighted by Gasteiger charge is 2.23. The predicted octanol–water partition coefficient (Wildman–Crippen LogP) is 2.67. The van der Waals surface area contributed by atoms with E-state index in [1.54, 1.807) is 18.2 Å². The number of carbonyl (C=O) groups is 1. The summed E-state index contributed by atoms with van der Waals surface area (Å²) in [6.07, 6.45) is 1.51. The first-order chi connectivity index (χ1) is 12.5. The Morgan fingerprint density at radius 2 is 1.92 bits per heavy atom. The molecular weight excluding hydrogens is 370 g/mol. The van der Waals surface area contributed by atoms with Gasteiger partial charge in [0.1, 0.15) is 0 Å². The van der Waals surface area contributed by atoms with E-state index >= 15 is 0 Å². The summed E-state index contributed by atoms with van der Waals surface area (Å²) in [6, 6.07) is 16.1. The predicted molar refractivity (Wildman–Crippen MR) is 104 cm³/mol. The molecule has 0 spiro atoms. The SMILES string of the molecule is CN(CC(=O)NN=Cc1cccs1)S(=O)(=O)c1ccc2ccccc2c1. The molecule has 1 amide bonds. The summed E-state index contributed by atoms with van der Waals surface area (Å²) < 4.78 is 26.4. The van der Waals surface area contributed by atoms with Gasteiger partial charge in [0.15, 0.2) is 0 Å². The van der Waals surface area contributed by atoms with E-state index < -0.39 is 15.9 Å². The maximum Gasteiger partial charge on any atom is 0.255 e. The molecule has 0 radical (unpaired) electrons. The molecule has 0 saturated carbocycles. The summed E-state index contributed by atoms with van der Waals surface area (Å²) >= 11 is 1.48.